The molecule has 4 fully saturated rings. The predicted molar refractivity (Wildman–Crippen MR) is 130 cm³/mol. The number of amides is 1. The van der Waals surface area contributed by atoms with Crippen molar-refractivity contribution in [1.29, 1.82) is 0 Å². The first-order valence-electron chi connectivity index (χ1n) is 12.4. The Labute approximate surface area is 204 Å². The predicted octanol–water partition coefficient (Wildman–Crippen LogP) is 3.44. The third kappa shape index (κ3) is 3.91. The van der Waals surface area contributed by atoms with Crippen LogP contribution in [0.15, 0.2) is 24.4 Å². The average Bonchev–Trinajstić information content (AvgIpc) is 3.48. The molecule has 6 rings (SSSR count). The number of likely N-dealkylation sites (tertiary alicyclic amines) is 1. The molecule has 1 aromatic carbocycles. The van der Waals surface area contributed by atoms with Crippen LogP contribution in [-0.2, 0) is 14.3 Å². The fourth-order valence-corrected chi connectivity index (χ4v) is 6.65. The maximum absolute atomic E-state index is 12.8. The Morgan fingerprint density at radius 2 is 1.97 bits per heavy atom. The quantitative estimate of drug-likeness (QED) is 0.690. The zero-order valence-electron chi connectivity index (χ0n) is 19.5. The molecule has 1 aliphatic carbocycles. The number of fused-ring (bicyclic) bond motifs is 2. The summed E-state index contributed by atoms with van der Waals surface area (Å²) in [5.74, 6) is 1.89. The minimum atomic E-state index is -0.443. The first-order valence-corrected chi connectivity index (χ1v) is 12.8. The lowest BCUT2D eigenvalue weighted by Gasteiger charge is -2.43. The molecule has 3 saturated heterocycles. The number of aliphatic hydroxyl groups excluding tert-OH is 1. The number of aromatic nitrogens is 1. The van der Waals surface area contributed by atoms with Gasteiger partial charge in [-0.3, -0.25) is 9.69 Å². The van der Waals surface area contributed by atoms with E-state index in [4.69, 9.17) is 21.1 Å². The summed E-state index contributed by atoms with van der Waals surface area (Å²) in [6.07, 6.45) is 4.28. The highest BCUT2D eigenvalue weighted by Crippen LogP contribution is 2.51. The summed E-state index contributed by atoms with van der Waals surface area (Å²) in [5, 5.41) is 16.2. The zero-order chi connectivity index (χ0) is 23.4. The Bertz CT molecular complexity index is 1090. The number of ether oxygens (including phenoxy) is 2. The van der Waals surface area contributed by atoms with E-state index in [1.807, 2.05) is 12.1 Å². The molecule has 1 saturated carbocycles. The zero-order valence-corrected chi connectivity index (χ0v) is 20.3. The van der Waals surface area contributed by atoms with Gasteiger partial charge in [0.05, 0.1) is 31.5 Å². The van der Waals surface area contributed by atoms with E-state index >= 15 is 0 Å². The van der Waals surface area contributed by atoms with Gasteiger partial charge in [0.15, 0.2) is 0 Å². The number of benzene rings is 1. The molecule has 8 heteroatoms. The number of piperidine rings is 1. The Hall–Kier alpha value is -1.77. The van der Waals surface area contributed by atoms with Crippen LogP contribution in [0.1, 0.15) is 37.7 Å². The van der Waals surface area contributed by atoms with Crippen LogP contribution < -0.4 is 5.32 Å². The van der Waals surface area contributed by atoms with Crippen molar-refractivity contribution in [3.8, 4) is 0 Å². The van der Waals surface area contributed by atoms with Gasteiger partial charge in [-0.05, 0) is 86.2 Å². The first kappa shape index (κ1) is 22.7. The van der Waals surface area contributed by atoms with Gasteiger partial charge in [0, 0.05) is 29.1 Å². The molecule has 0 spiro atoms. The Morgan fingerprint density at radius 3 is 2.68 bits per heavy atom. The van der Waals surface area contributed by atoms with Crippen molar-refractivity contribution in [2.24, 2.45) is 17.8 Å². The molecule has 0 bridgehead atoms. The number of halogens is 1. The van der Waals surface area contributed by atoms with Crippen molar-refractivity contribution in [2.45, 2.75) is 43.7 Å². The van der Waals surface area contributed by atoms with Crippen LogP contribution in [0.3, 0.4) is 0 Å². The summed E-state index contributed by atoms with van der Waals surface area (Å²) in [7, 11) is 0. The van der Waals surface area contributed by atoms with E-state index in [0.717, 1.165) is 60.3 Å². The van der Waals surface area contributed by atoms with E-state index in [2.05, 4.69) is 28.2 Å². The monoisotopic (exact) mass is 485 g/mol. The second-order valence-corrected chi connectivity index (χ2v) is 11.1. The number of anilines is 1. The van der Waals surface area contributed by atoms with Crippen LogP contribution in [0.25, 0.3) is 10.8 Å². The number of nitrogens with zero attached hydrogens (tertiary/aromatic N) is 2. The number of rotatable bonds is 4. The minimum Gasteiger partial charge on any atom is -0.389 e. The standard InChI is InChI=1S/C26H32ClN3O4/c1-26(14-34-13-22(26)31)30-5-2-15(3-6-30)19-8-16-10-23(28-11-17(16)9-21(19)27)29-25(32)24-18-4-7-33-12-20(18)24/h8-11,15,18,20,22,24,31H,2-7,12-14H2,1H3,(H,28,29,32)/t18-,20+,22+,24+,26-/m1/s1. The van der Waals surface area contributed by atoms with Gasteiger partial charge < -0.3 is 19.9 Å². The average molecular weight is 486 g/mol. The van der Waals surface area contributed by atoms with Crippen molar-refractivity contribution in [3.05, 3.63) is 35.0 Å². The highest BCUT2D eigenvalue weighted by Gasteiger charge is 2.55. The number of carbonyl (C=O) groups is 1. The van der Waals surface area contributed by atoms with Gasteiger partial charge in [-0.25, -0.2) is 4.98 Å². The Morgan fingerprint density at radius 1 is 1.15 bits per heavy atom. The molecule has 2 N–H and O–H groups in total. The molecule has 182 valence electrons. The van der Waals surface area contributed by atoms with Crippen LogP contribution in [-0.4, -0.2) is 72.1 Å². The normalized spacial score (nSPS) is 34.2. The Kier molecular flexibility index (Phi) is 5.81. The van der Waals surface area contributed by atoms with Crippen LogP contribution in [0, 0.1) is 17.8 Å². The van der Waals surface area contributed by atoms with E-state index in [1.165, 1.54) is 0 Å². The molecule has 4 aliphatic rings. The lowest BCUT2D eigenvalue weighted by Crippen LogP contribution is -2.56. The fraction of sp³-hybridized carbons (Fsp3) is 0.615. The van der Waals surface area contributed by atoms with Gasteiger partial charge in [0.25, 0.3) is 0 Å². The fourth-order valence-electron chi connectivity index (χ4n) is 6.32. The molecular formula is C26H32ClN3O4. The van der Waals surface area contributed by atoms with Crippen molar-refractivity contribution in [3.63, 3.8) is 0 Å². The van der Waals surface area contributed by atoms with Crippen LogP contribution in [0.5, 0.6) is 0 Å². The van der Waals surface area contributed by atoms with Gasteiger partial charge in [-0.15, -0.1) is 0 Å². The number of aliphatic hydroxyl groups is 1. The minimum absolute atomic E-state index is 0.0524. The van der Waals surface area contributed by atoms with E-state index in [1.54, 1.807) is 6.20 Å². The van der Waals surface area contributed by atoms with E-state index in [-0.39, 0.29) is 17.4 Å². The SMILES string of the molecule is C[C@@]1(N2CCC(c3cc4cc(NC(=O)[C@H]5[C@@H]6CCOC[C@@H]65)ncc4cc3Cl)CC2)COC[C@@H]1O. The van der Waals surface area contributed by atoms with E-state index in [0.29, 0.717) is 43.4 Å². The van der Waals surface area contributed by atoms with Crippen molar-refractivity contribution in [2.75, 3.05) is 44.8 Å². The third-order valence-corrected chi connectivity index (χ3v) is 9.00. The highest BCUT2D eigenvalue weighted by atomic mass is 35.5. The topological polar surface area (TPSA) is 83.9 Å². The molecule has 3 aliphatic heterocycles. The molecule has 1 amide bonds. The number of carbonyl (C=O) groups excluding carboxylic acids is 1. The van der Waals surface area contributed by atoms with E-state index in [9.17, 15) is 9.90 Å². The molecule has 0 unspecified atom stereocenters. The summed E-state index contributed by atoms with van der Waals surface area (Å²) in [6, 6.07) is 6.10. The van der Waals surface area contributed by atoms with Crippen LogP contribution >= 0.6 is 11.6 Å². The van der Waals surface area contributed by atoms with Gasteiger partial charge >= 0.3 is 0 Å². The summed E-state index contributed by atoms with van der Waals surface area (Å²) in [5.41, 5.74) is 0.846. The summed E-state index contributed by atoms with van der Waals surface area (Å²) >= 11 is 6.71. The molecule has 1 aromatic heterocycles. The molecule has 34 heavy (non-hydrogen) atoms. The van der Waals surface area contributed by atoms with Gasteiger partial charge in [-0.1, -0.05) is 11.6 Å². The largest absolute Gasteiger partial charge is 0.389 e. The van der Waals surface area contributed by atoms with Crippen molar-refractivity contribution in [1.82, 2.24) is 9.88 Å². The number of nitrogens with one attached hydrogen (secondary N) is 1. The maximum atomic E-state index is 12.8. The smallest absolute Gasteiger partial charge is 0.229 e. The molecule has 4 heterocycles. The van der Waals surface area contributed by atoms with Crippen molar-refractivity contribution >= 4 is 34.1 Å². The summed E-state index contributed by atoms with van der Waals surface area (Å²) in [6.45, 7) is 6.35. The number of hydrogen-bond donors (Lipinski definition) is 2. The molecule has 7 nitrogen and oxygen atoms in total. The van der Waals surface area contributed by atoms with Crippen LogP contribution in [0.2, 0.25) is 5.02 Å². The lowest BCUT2D eigenvalue weighted by molar-refractivity contribution is -0.117. The molecule has 0 radical (unpaired) electrons. The highest BCUT2D eigenvalue weighted by molar-refractivity contribution is 6.32. The Balaban J connectivity index is 1.16. The summed E-state index contributed by atoms with van der Waals surface area (Å²) in [4.78, 5) is 19.6. The maximum Gasteiger partial charge on any atom is 0.229 e. The van der Waals surface area contributed by atoms with Crippen molar-refractivity contribution < 1.29 is 19.4 Å². The number of pyridine rings is 1. The second-order valence-electron chi connectivity index (χ2n) is 10.6. The van der Waals surface area contributed by atoms with Gasteiger partial charge in [-0.2, -0.15) is 0 Å². The van der Waals surface area contributed by atoms with Crippen LogP contribution in [0.4, 0.5) is 5.82 Å². The van der Waals surface area contributed by atoms with Gasteiger partial charge in [0.2, 0.25) is 5.91 Å². The number of hydrogen-bond acceptors (Lipinski definition) is 6. The molecule has 5 atom stereocenters. The molecule has 2 aromatic rings. The lowest BCUT2D eigenvalue weighted by atomic mass is 9.85. The van der Waals surface area contributed by atoms with Gasteiger partial charge in [0.1, 0.15) is 5.82 Å². The third-order valence-electron chi connectivity index (χ3n) is 8.67. The first-order chi connectivity index (χ1) is 16.4. The van der Waals surface area contributed by atoms with E-state index < -0.39 is 6.10 Å². The summed E-state index contributed by atoms with van der Waals surface area (Å²) < 4.78 is 11.0. The second kappa shape index (κ2) is 8.71. The molecular weight excluding hydrogens is 454 g/mol.